The molecule has 0 saturated heterocycles. The van der Waals surface area contributed by atoms with Crippen molar-refractivity contribution in [2.75, 3.05) is 12.4 Å². The summed E-state index contributed by atoms with van der Waals surface area (Å²) in [5.74, 6) is 1.57. The molecular weight excluding hydrogens is 282 g/mol. The average Bonchev–Trinajstić information content (AvgIpc) is 2.44. The van der Waals surface area contributed by atoms with Crippen LogP contribution >= 0.6 is 11.6 Å². The van der Waals surface area contributed by atoms with E-state index in [0.29, 0.717) is 12.0 Å². The summed E-state index contributed by atoms with van der Waals surface area (Å²) in [4.78, 5) is 0. The second-order valence-corrected chi connectivity index (χ2v) is 6.18. The van der Waals surface area contributed by atoms with Crippen LogP contribution in [-0.2, 0) is 0 Å². The third kappa shape index (κ3) is 3.16. The van der Waals surface area contributed by atoms with Gasteiger partial charge in [-0.05, 0) is 67.1 Å². The van der Waals surface area contributed by atoms with E-state index in [0.717, 1.165) is 10.8 Å². The summed E-state index contributed by atoms with van der Waals surface area (Å²) in [6, 6.07) is 15.0. The number of methoxy groups -OCH3 is 1. The van der Waals surface area contributed by atoms with Crippen LogP contribution in [0, 0.1) is 6.92 Å². The van der Waals surface area contributed by atoms with Gasteiger partial charge in [0, 0.05) is 16.8 Å². The Labute approximate surface area is 131 Å². The molecule has 1 aliphatic rings. The molecule has 0 heterocycles. The van der Waals surface area contributed by atoms with Crippen LogP contribution in [0.1, 0.15) is 29.9 Å². The number of anilines is 1. The molecule has 21 heavy (non-hydrogen) atoms. The number of hydrogen-bond acceptors (Lipinski definition) is 2. The van der Waals surface area contributed by atoms with E-state index in [4.69, 9.17) is 16.3 Å². The standard InChI is InChI=1S/C18H20ClNO/c1-12-9-15(19)5-8-18(12)20-16-10-14(11-16)13-3-6-17(21-2)7-4-13/h3-9,14,16,20H,10-11H2,1-2H3. The number of ether oxygens (including phenoxy) is 1. The maximum absolute atomic E-state index is 5.99. The van der Waals surface area contributed by atoms with Crippen LogP contribution < -0.4 is 10.1 Å². The van der Waals surface area contributed by atoms with Crippen molar-refractivity contribution >= 4 is 17.3 Å². The van der Waals surface area contributed by atoms with Crippen molar-refractivity contribution in [3.63, 3.8) is 0 Å². The fourth-order valence-corrected chi connectivity index (χ4v) is 3.12. The summed E-state index contributed by atoms with van der Waals surface area (Å²) in [6.45, 7) is 2.09. The van der Waals surface area contributed by atoms with Crippen LogP contribution in [0.2, 0.25) is 5.02 Å². The number of hydrogen-bond donors (Lipinski definition) is 1. The molecule has 0 spiro atoms. The predicted octanol–water partition coefficient (Wildman–Crippen LogP) is 5.02. The zero-order valence-corrected chi connectivity index (χ0v) is 13.2. The van der Waals surface area contributed by atoms with Gasteiger partial charge in [0.1, 0.15) is 5.75 Å². The van der Waals surface area contributed by atoms with Gasteiger partial charge in [-0.1, -0.05) is 23.7 Å². The van der Waals surface area contributed by atoms with Crippen LogP contribution in [0.15, 0.2) is 42.5 Å². The summed E-state index contributed by atoms with van der Waals surface area (Å²) < 4.78 is 5.20. The first-order chi connectivity index (χ1) is 10.2. The van der Waals surface area contributed by atoms with E-state index < -0.39 is 0 Å². The molecule has 0 unspecified atom stereocenters. The lowest BCUT2D eigenvalue weighted by Crippen LogP contribution is -2.34. The predicted molar refractivity (Wildman–Crippen MR) is 88.6 cm³/mol. The first-order valence-corrected chi connectivity index (χ1v) is 7.70. The monoisotopic (exact) mass is 301 g/mol. The Hall–Kier alpha value is -1.67. The molecule has 3 rings (SSSR count). The Morgan fingerprint density at radius 1 is 1.10 bits per heavy atom. The zero-order chi connectivity index (χ0) is 14.8. The third-order valence-corrected chi connectivity index (χ3v) is 4.51. The molecule has 0 amide bonds. The van der Waals surface area contributed by atoms with Gasteiger partial charge in [-0.25, -0.2) is 0 Å². The van der Waals surface area contributed by atoms with Crippen molar-refractivity contribution in [2.24, 2.45) is 0 Å². The molecular formula is C18H20ClNO. The van der Waals surface area contributed by atoms with Crippen molar-refractivity contribution in [2.45, 2.75) is 31.7 Å². The topological polar surface area (TPSA) is 21.3 Å². The summed E-state index contributed by atoms with van der Waals surface area (Å²) in [5, 5.41) is 4.41. The van der Waals surface area contributed by atoms with E-state index in [2.05, 4.69) is 30.4 Å². The number of benzene rings is 2. The Balaban J connectivity index is 1.57. The molecule has 2 aromatic carbocycles. The number of nitrogens with one attached hydrogen (secondary N) is 1. The highest BCUT2D eigenvalue weighted by molar-refractivity contribution is 6.30. The summed E-state index contributed by atoms with van der Waals surface area (Å²) in [7, 11) is 1.70. The molecule has 110 valence electrons. The maximum atomic E-state index is 5.99. The Morgan fingerprint density at radius 3 is 2.43 bits per heavy atom. The van der Waals surface area contributed by atoms with Gasteiger partial charge in [0.2, 0.25) is 0 Å². The summed E-state index contributed by atoms with van der Waals surface area (Å²) in [5.41, 5.74) is 3.80. The summed E-state index contributed by atoms with van der Waals surface area (Å²) in [6.07, 6.45) is 2.35. The minimum Gasteiger partial charge on any atom is -0.497 e. The smallest absolute Gasteiger partial charge is 0.118 e. The average molecular weight is 302 g/mol. The fourth-order valence-electron chi connectivity index (χ4n) is 2.89. The highest BCUT2D eigenvalue weighted by atomic mass is 35.5. The van der Waals surface area contributed by atoms with Crippen molar-refractivity contribution in [3.8, 4) is 5.75 Å². The molecule has 3 heteroatoms. The highest BCUT2D eigenvalue weighted by Crippen LogP contribution is 2.39. The molecule has 0 radical (unpaired) electrons. The van der Waals surface area contributed by atoms with Crippen molar-refractivity contribution in [1.82, 2.24) is 0 Å². The molecule has 2 nitrogen and oxygen atoms in total. The van der Waals surface area contributed by atoms with Crippen molar-refractivity contribution < 1.29 is 4.74 Å². The van der Waals surface area contributed by atoms with Gasteiger partial charge < -0.3 is 10.1 Å². The molecule has 0 bridgehead atoms. The number of aryl methyl sites for hydroxylation is 1. The Kier molecular flexibility index (Phi) is 4.07. The number of rotatable bonds is 4. The minimum atomic E-state index is 0.553. The van der Waals surface area contributed by atoms with Gasteiger partial charge in [0.25, 0.3) is 0 Å². The van der Waals surface area contributed by atoms with Crippen LogP contribution in [0.3, 0.4) is 0 Å². The second-order valence-electron chi connectivity index (χ2n) is 5.74. The van der Waals surface area contributed by atoms with Crippen LogP contribution in [0.5, 0.6) is 5.75 Å². The molecule has 1 fully saturated rings. The van der Waals surface area contributed by atoms with E-state index in [-0.39, 0.29) is 0 Å². The second kappa shape index (κ2) is 5.98. The van der Waals surface area contributed by atoms with Crippen LogP contribution in [-0.4, -0.2) is 13.2 Å². The van der Waals surface area contributed by atoms with Gasteiger partial charge >= 0.3 is 0 Å². The third-order valence-electron chi connectivity index (χ3n) is 4.27. The van der Waals surface area contributed by atoms with Crippen LogP contribution in [0.25, 0.3) is 0 Å². The lowest BCUT2D eigenvalue weighted by atomic mass is 9.75. The Morgan fingerprint density at radius 2 is 1.81 bits per heavy atom. The normalized spacial score (nSPS) is 20.7. The molecule has 0 aliphatic heterocycles. The maximum Gasteiger partial charge on any atom is 0.118 e. The van der Waals surface area contributed by atoms with E-state index in [9.17, 15) is 0 Å². The molecule has 2 aromatic rings. The highest BCUT2D eigenvalue weighted by Gasteiger charge is 2.30. The van der Waals surface area contributed by atoms with E-state index in [1.165, 1.54) is 29.7 Å². The van der Waals surface area contributed by atoms with E-state index in [1.54, 1.807) is 7.11 Å². The zero-order valence-electron chi connectivity index (χ0n) is 12.4. The van der Waals surface area contributed by atoms with E-state index >= 15 is 0 Å². The van der Waals surface area contributed by atoms with E-state index in [1.807, 2.05) is 24.3 Å². The molecule has 1 saturated carbocycles. The van der Waals surface area contributed by atoms with Gasteiger partial charge in [-0.2, -0.15) is 0 Å². The number of halogens is 1. The first kappa shape index (κ1) is 14.3. The minimum absolute atomic E-state index is 0.553. The molecule has 0 aromatic heterocycles. The quantitative estimate of drug-likeness (QED) is 0.856. The van der Waals surface area contributed by atoms with Gasteiger partial charge in [0.05, 0.1) is 7.11 Å². The van der Waals surface area contributed by atoms with Crippen molar-refractivity contribution in [3.05, 3.63) is 58.6 Å². The van der Waals surface area contributed by atoms with Crippen LogP contribution in [0.4, 0.5) is 5.69 Å². The largest absolute Gasteiger partial charge is 0.497 e. The molecule has 1 aliphatic carbocycles. The Bertz CT molecular complexity index is 618. The lowest BCUT2D eigenvalue weighted by Gasteiger charge is -2.37. The SMILES string of the molecule is COc1ccc(C2CC(Nc3ccc(Cl)cc3C)C2)cc1. The van der Waals surface area contributed by atoms with Gasteiger partial charge in [0.15, 0.2) is 0 Å². The van der Waals surface area contributed by atoms with Gasteiger partial charge in [-0.3, -0.25) is 0 Å². The molecule has 1 N–H and O–H groups in total. The lowest BCUT2D eigenvalue weighted by molar-refractivity contribution is 0.373. The van der Waals surface area contributed by atoms with Crippen molar-refractivity contribution in [1.29, 1.82) is 0 Å². The first-order valence-electron chi connectivity index (χ1n) is 7.32. The summed E-state index contributed by atoms with van der Waals surface area (Å²) >= 11 is 5.99. The fraction of sp³-hybridized carbons (Fsp3) is 0.333. The molecule has 0 atom stereocenters. The van der Waals surface area contributed by atoms with Gasteiger partial charge in [-0.15, -0.1) is 0 Å².